The third-order valence-corrected chi connectivity index (χ3v) is 3.35. The number of halogens is 1. The molecule has 0 radical (unpaired) electrons. The van der Waals surface area contributed by atoms with Crippen molar-refractivity contribution in [2.24, 2.45) is 0 Å². The summed E-state index contributed by atoms with van der Waals surface area (Å²) >= 11 is 3.50. The Morgan fingerprint density at radius 2 is 2.00 bits per heavy atom. The van der Waals surface area contributed by atoms with Gasteiger partial charge in [-0.15, -0.1) is 5.10 Å². The first kappa shape index (κ1) is 11.2. The highest BCUT2D eigenvalue weighted by atomic mass is 79.9. The minimum Gasteiger partial charge on any atom is -0.495 e. The zero-order valence-corrected chi connectivity index (χ0v) is 11.3. The first-order valence-corrected chi connectivity index (χ1v) is 6.22. The van der Waals surface area contributed by atoms with Crippen LogP contribution in [0.1, 0.15) is 0 Å². The van der Waals surface area contributed by atoms with Gasteiger partial charge in [-0.3, -0.25) is 0 Å². The molecule has 0 saturated heterocycles. The minimum absolute atomic E-state index is 0.690. The Morgan fingerprint density at radius 3 is 2.78 bits per heavy atom. The van der Waals surface area contributed by atoms with Gasteiger partial charge in [0.05, 0.1) is 13.3 Å². The fourth-order valence-electron chi connectivity index (χ4n) is 1.74. The van der Waals surface area contributed by atoms with Crippen molar-refractivity contribution >= 4 is 21.6 Å². The lowest BCUT2D eigenvalue weighted by Crippen LogP contribution is -1.90. The van der Waals surface area contributed by atoms with Crippen molar-refractivity contribution in [3.05, 3.63) is 47.1 Å². The predicted molar refractivity (Wildman–Crippen MR) is 72.7 cm³/mol. The molecule has 2 heterocycles. The van der Waals surface area contributed by atoms with Gasteiger partial charge in [-0.25, -0.2) is 9.50 Å². The Bertz CT molecular complexity index is 708. The van der Waals surface area contributed by atoms with E-state index < -0.39 is 0 Å². The number of benzene rings is 1. The molecule has 0 fully saturated rings. The van der Waals surface area contributed by atoms with E-state index in [-0.39, 0.29) is 0 Å². The van der Waals surface area contributed by atoms with Crippen molar-refractivity contribution in [2.75, 3.05) is 7.11 Å². The standard InChI is InChI=1S/C13H10BrN3O/c1-18-9-6-7-12-15-13(16-17(12)8-9)10-4-2-3-5-11(10)14/h2-8H,1H3. The Balaban J connectivity index is 2.17. The van der Waals surface area contributed by atoms with Crippen LogP contribution < -0.4 is 4.74 Å². The molecular formula is C13H10BrN3O. The molecule has 5 heteroatoms. The summed E-state index contributed by atoms with van der Waals surface area (Å²) < 4.78 is 7.86. The van der Waals surface area contributed by atoms with Gasteiger partial charge in [-0.05, 0) is 24.3 Å². The summed E-state index contributed by atoms with van der Waals surface area (Å²) in [5.41, 5.74) is 1.77. The number of hydrogen-bond donors (Lipinski definition) is 0. The second-order valence-corrected chi connectivity index (χ2v) is 4.64. The average Bonchev–Trinajstić information content (AvgIpc) is 2.81. The molecular weight excluding hydrogens is 294 g/mol. The van der Waals surface area contributed by atoms with Crippen LogP contribution in [0, 0.1) is 0 Å². The summed E-state index contributed by atoms with van der Waals surface area (Å²) in [5, 5.41) is 4.45. The third-order valence-electron chi connectivity index (χ3n) is 2.65. The van der Waals surface area contributed by atoms with Crippen molar-refractivity contribution in [3.8, 4) is 17.1 Å². The van der Waals surface area contributed by atoms with Gasteiger partial charge >= 0.3 is 0 Å². The molecule has 0 N–H and O–H groups in total. The predicted octanol–water partition coefficient (Wildman–Crippen LogP) is 3.17. The molecule has 1 aromatic carbocycles. The number of hydrogen-bond acceptors (Lipinski definition) is 3. The summed E-state index contributed by atoms with van der Waals surface area (Å²) in [6, 6.07) is 11.6. The molecule has 0 aliphatic carbocycles. The van der Waals surface area contributed by atoms with Gasteiger partial charge in [0.2, 0.25) is 0 Å². The van der Waals surface area contributed by atoms with E-state index >= 15 is 0 Å². The van der Waals surface area contributed by atoms with Crippen LogP contribution >= 0.6 is 15.9 Å². The second-order valence-electron chi connectivity index (χ2n) is 3.79. The number of aromatic nitrogens is 3. The maximum absolute atomic E-state index is 5.16. The zero-order valence-electron chi connectivity index (χ0n) is 9.67. The van der Waals surface area contributed by atoms with Gasteiger partial charge in [0.25, 0.3) is 0 Å². The molecule has 0 unspecified atom stereocenters. The number of pyridine rings is 1. The van der Waals surface area contributed by atoms with E-state index in [1.807, 2.05) is 42.6 Å². The smallest absolute Gasteiger partial charge is 0.183 e. The van der Waals surface area contributed by atoms with E-state index in [1.54, 1.807) is 11.6 Å². The van der Waals surface area contributed by atoms with E-state index in [9.17, 15) is 0 Å². The van der Waals surface area contributed by atoms with Crippen molar-refractivity contribution in [2.45, 2.75) is 0 Å². The third kappa shape index (κ3) is 1.86. The summed E-state index contributed by atoms with van der Waals surface area (Å²) in [6.45, 7) is 0. The number of nitrogens with zero attached hydrogens (tertiary/aromatic N) is 3. The van der Waals surface area contributed by atoms with E-state index in [2.05, 4.69) is 26.0 Å². The largest absolute Gasteiger partial charge is 0.495 e. The van der Waals surface area contributed by atoms with Gasteiger partial charge in [-0.2, -0.15) is 0 Å². The molecule has 2 aromatic heterocycles. The normalized spacial score (nSPS) is 10.8. The molecule has 0 bridgehead atoms. The summed E-state index contributed by atoms with van der Waals surface area (Å²) in [4.78, 5) is 4.49. The Kier molecular flexibility index (Phi) is 2.76. The Morgan fingerprint density at radius 1 is 1.17 bits per heavy atom. The molecule has 4 nitrogen and oxygen atoms in total. The van der Waals surface area contributed by atoms with Gasteiger partial charge in [0.15, 0.2) is 11.5 Å². The van der Waals surface area contributed by atoms with Crippen LogP contribution in [0.3, 0.4) is 0 Å². The molecule has 0 aliphatic heterocycles. The van der Waals surface area contributed by atoms with Crippen molar-refractivity contribution in [1.82, 2.24) is 14.6 Å². The number of fused-ring (bicyclic) bond motifs is 1. The summed E-state index contributed by atoms with van der Waals surface area (Å²) in [5.74, 6) is 1.45. The molecule has 0 amide bonds. The SMILES string of the molecule is COc1ccc2nc(-c3ccccc3Br)nn2c1. The number of ether oxygens (including phenoxy) is 1. The lowest BCUT2D eigenvalue weighted by molar-refractivity contribution is 0.411. The van der Waals surface area contributed by atoms with Gasteiger partial charge < -0.3 is 4.74 Å². The Hall–Kier alpha value is -1.88. The first-order valence-electron chi connectivity index (χ1n) is 5.43. The molecule has 3 aromatic rings. The molecule has 3 rings (SSSR count). The minimum atomic E-state index is 0.690. The van der Waals surface area contributed by atoms with Crippen LogP contribution in [0.4, 0.5) is 0 Å². The van der Waals surface area contributed by atoms with E-state index in [1.165, 1.54) is 0 Å². The molecule has 0 spiro atoms. The molecule has 18 heavy (non-hydrogen) atoms. The highest BCUT2D eigenvalue weighted by molar-refractivity contribution is 9.10. The average molecular weight is 304 g/mol. The monoisotopic (exact) mass is 303 g/mol. The van der Waals surface area contributed by atoms with Gasteiger partial charge in [-0.1, -0.05) is 28.1 Å². The van der Waals surface area contributed by atoms with E-state index in [0.29, 0.717) is 5.82 Å². The topological polar surface area (TPSA) is 39.4 Å². The van der Waals surface area contributed by atoms with Crippen LogP contribution in [0.25, 0.3) is 17.0 Å². The second kappa shape index (κ2) is 4.42. The van der Waals surface area contributed by atoms with Gasteiger partial charge in [0, 0.05) is 10.0 Å². The van der Waals surface area contributed by atoms with Crippen LogP contribution in [0.5, 0.6) is 5.75 Å². The van der Waals surface area contributed by atoms with E-state index in [4.69, 9.17) is 4.74 Å². The fraction of sp³-hybridized carbons (Fsp3) is 0.0769. The highest BCUT2D eigenvalue weighted by Crippen LogP contribution is 2.25. The van der Waals surface area contributed by atoms with E-state index in [0.717, 1.165) is 21.4 Å². The van der Waals surface area contributed by atoms with Crippen LogP contribution in [0.2, 0.25) is 0 Å². The Labute approximate surface area is 112 Å². The lowest BCUT2D eigenvalue weighted by atomic mass is 10.2. The highest BCUT2D eigenvalue weighted by Gasteiger charge is 2.09. The van der Waals surface area contributed by atoms with Crippen molar-refractivity contribution in [1.29, 1.82) is 0 Å². The quantitative estimate of drug-likeness (QED) is 0.730. The van der Waals surface area contributed by atoms with Crippen molar-refractivity contribution < 1.29 is 4.74 Å². The molecule has 90 valence electrons. The number of rotatable bonds is 2. The lowest BCUT2D eigenvalue weighted by Gasteiger charge is -1.98. The number of methoxy groups -OCH3 is 1. The molecule has 0 saturated carbocycles. The van der Waals surface area contributed by atoms with Crippen molar-refractivity contribution in [3.63, 3.8) is 0 Å². The summed E-state index contributed by atoms with van der Waals surface area (Å²) in [7, 11) is 1.63. The van der Waals surface area contributed by atoms with Crippen LogP contribution in [-0.4, -0.2) is 21.7 Å². The maximum Gasteiger partial charge on any atom is 0.183 e. The van der Waals surface area contributed by atoms with Crippen LogP contribution in [-0.2, 0) is 0 Å². The maximum atomic E-state index is 5.16. The molecule has 0 aliphatic rings. The van der Waals surface area contributed by atoms with Gasteiger partial charge in [0.1, 0.15) is 5.75 Å². The summed E-state index contributed by atoms with van der Waals surface area (Å²) in [6.07, 6.45) is 1.81. The van der Waals surface area contributed by atoms with Crippen LogP contribution in [0.15, 0.2) is 47.1 Å². The molecule has 0 atom stereocenters. The zero-order chi connectivity index (χ0) is 12.5. The fourth-order valence-corrected chi connectivity index (χ4v) is 2.20. The first-order chi connectivity index (χ1) is 8.78.